The Hall–Kier alpha value is -4.91. The molecule has 0 spiro atoms. The zero-order valence-electron chi connectivity index (χ0n) is 23.4. The number of fused-ring (bicyclic) bond motifs is 1. The van der Waals surface area contributed by atoms with Crippen molar-refractivity contribution in [2.75, 3.05) is 16.5 Å². The lowest BCUT2D eigenvalue weighted by atomic mass is 9.91. The number of nitrogens with zero attached hydrogens (tertiary/aromatic N) is 2. The quantitative estimate of drug-likeness (QED) is 0.200. The van der Waals surface area contributed by atoms with Gasteiger partial charge in [0.1, 0.15) is 4.90 Å². The van der Waals surface area contributed by atoms with E-state index in [1.165, 1.54) is 6.07 Å². The van der Waals surface area contributed by atoms with E-state index in [1.807, 2.05) is 66.7 Å². The second-order valence-electron chi connectivity index (χ2n) is 10.8. The van der Waals surface area contributed by atoms with E-state index in [1.54, 1.807) is 12.1 Å². The van der Waals surface area contributed by atoms with Crippen LogP contribution in [0.1, 0.15) is 23.2 Å². The molecule has 1 saturated heterocycles. The molecule has 1 aliphatic rings. The first kappa shape index (κ1) is 27.0. The predicted octanol–water partition coefficient (Wildman–Crippen LogP) is 8.52. The van der Waals surface area contributed by atoms with E-state index in [2.05, 4.69) is 76.5 Å². The van der Waals surface area contributed by atoms with Gasteiger partial charge in [0.05, 0.1) is 30.1 Å². The highest BCUT2D eigenvalue weighted by molar-refractivity contribution is 7.86. The van der Waals surface area contributed by atoms with Crippen LogP contribution in [0.3, 0.4) is 0 Å². The van der Waals surface area contributed by atoms with E-state index >= 15 is 0 Å². The summed E-state index contributed by atoms with van der Waals surface area (Å²) in [6, 6.07) is 50.0. The molecule has 2 unspecified atom stereocenters. The van der Waals surface area contributed by atoms with Gasteiger partial charge in [-0.25, -0.2) is 0 Å². The van der Waals surface area contributed by atoms with Gasteiger partial charge in [-0.2, -0.15) is 8.42 Å². The third-order valence-electron chi connectivity index (χ3n) is 8.28. The lowest BCUT2D eigenvalue weighted by molar-refractivity contribution is 0.482. The average molecular weight is 583 g/mol. The van der Waals surface area contributed by atoms with Gasteiger partial charge < -0.3 is 9.80 Å². The summed E-state index contributed by atoms with van der Waals surface area (Å²) in [5.41, 5.74) is 5.88. The van der Waals surface area contributed by atoms with E-state index in [4.69, 9.17) is 0 Å². The first-order valence-corrected chi connectivity index (χ1v) is 15.7. The Labute approximate surface area is 252 Å². The van der Waals surface area contributed by atoms with Crippen molar-refractivity contribution >= 4 is 32.3 Å². The third kappa shape index (κ3) is 4.95. The minimum atomic E-state index is -4.49. The van der Waals surface area contributed by atoms with Gasteiger partial charge in [-0.1, -0.05) is 140 Å². The van der Waals surface area contributed by atoms with Crippen molar-refractivity contribution < 1.29 is 13.0 Å². The first-order valence-electron chi connectivity index (χ1n) is 14.3. The molecule has 212 valence electrons. The molecule has 5 nitrogen and oxygen atoms in total. The molecule has 6 aromatic carbocycles. The lowest BCUT2D eigenvalue weighted by Crippen LogP contribution is -2.28. The molecule has 6 heteroatoms. The maximum atomic E-state index is 12.7. The van der Waals surface area contributed by atoms with Gasteiger partial charge in [0, 0.05) is 10.9 Å². The molecule has 1 aliphatic heterocycles. The molecule has 2 atom stereocenters. The summed E-state index contributed by atoms with van der Waals surface area (Å²) in [6.07, 6.45) is 0. The third-order valence-corrected chi connectivity index (χ3v) is 9.18. The molecular formula is C37H30N2O3S. The van der Waals surface area contributed by atoms with Crippen molar-refractivity contribution in [3.63, 3.8) is 0 Å². The Morgan fingerprint density at radius 2 is 1.09 bits per heavy atom. The van der Waals surface area contributed by atoms with Crippen LogP contribution in [0.15, 0.2) is 157 Å². The normalized spacial score (nSPS) is 17.0. The maximum absolute atomic E-state index is 12.7. The Morgan fingerprint density at radius 3 is 1.74 bits per heavy atom. The van der Waals surface area contributed by atoms with E-state index in [0.717, 1.165) is 38.7 Å². The zero-order valence-corrected chi connectivity index (χ0v) is 24.2. The van der Waals surface area contributed by atoms with Crippen LogP contribution in [0.5, 0.6) is 0 Å². The summed E-state index contributed by atoms with van der Waals surface area (Å²) < 4.78 is 35.7. The molecule has 0 aliphatic carbocycles. The second kappa shape index (κ2) is 11.1. The number of rotatable bonds is 6. The summed E-state index contributed by atoms with van der Waals surface area (Å²) in [5, 5.41) is 2.23. The first-order chi connectivity index (χ1) is 21.0. The summed E-state index contributed by atoms with van der Waals surface area (Å²) in [7, 11) is -4.49. The Morgan fingerprint density at radius 1 is 0.558 bits per heavy atom. The topological polar surface area (TPSA) is 60.9 Å². The van der Waals surface area contributed by atoms with Crippen LogP contribution in [0, 0.1) is 0 Å². The maximum Gasteiger partial charge on any atom is 0.296 e. The SMILES string of the molecule is O=S(=O)(O)c1ccccc1N1CN(c2c(-c3ccccc3)ccc3ccccc23)C(c2ccccc2)C1c1ccccc1. The number of benzene rings is 6. The van der Waals surface area contributed by atoms with Crippen LogP contribution >= 0.6 is 0 Å². The van der Waals surface area contributed by atoms with Crippen LogP contribution in [-0.2, 0) is 10.1 Å². The van der Waals surface area contributed by atoms with Gasteiger partial charge in [-0.05, 0) is 34.2 Å². The van der Waals surface area contributed by atoms with Crippen LogP contribution in [0.25, 0.3) is 21.9 Å². The molecule has 1 fully saturated rings. The smallest absolute Gasteiger partial charge is 0.296 e. The number of hydrogen-bond donors (Lipinski definition) is 1. The molecule has 0 radical (unpaired) electrons. The van der Waals surface area contributed by atoms with Crippen molar-refractivity contribution in [1.29, 1.82) is 0 Å². The molecule has 0 saturated carbocycles. The molecule has 7 rings (SSSR count). The number of anilines is 2. The largest absolute Gasteiger partial charge is 0.343 e. The predicted molar refractivity (Wildman–Crippen MR) is 174 cm³/mol. The van der Waals surface area contributed by atoms with Crippen LogP contribution in [-0.4, -0.2) is 19.6 Å². The lowest BCUT2D eigenvalue weighted by Gasteiger charge is -2.32. The molecular weight excluding hydrogens is 552 g/mol. The Bertz CT molecular complexity index is 2000. The number of hydrogen-bond acceptors (Lipinski definition) is 4. The van der Waals surface area contributed by atoms with Crippen LogP contribution in [0.4, 0.5) is 11.4 Å². The highest BCUT2D eigenvalue weighted by atomic mass is 32.2. The van der Waals surface area contributed by atoms with Crippen molar-refractivity contribution in [3.05, 3.63) is 163 Å². The standard InChI is InChI=1S/C37H30N2O3S/c40-43(41,42)34-23-13-12-22-33(34)38-26-39(36(30-19-8-3-9-20-30)35(38)29-17-6-2-7-18-29)37-31-21-11-10-16-28(31)24-25-32(37)27-14-4-1-5-15-27/h1-25,35-36H,26H2,(H,40,41,42). The van der Waals surface area contributed by atoms with E-state index in [-0.39, 0.29) is 17.0 Å². The van der Waals surface area contributed by atoms with Crippen LogP contribution < -0.4 is 9.80 Å². The summed E-state index contributed by atoms with van der Waals surface area (Å²) >= 11 is 0. The minimum absolute atomic E-state index is 0.106. The highest BCUT2D eigenvalue weighted by Gasteiger charge is 2.44. The van der Waals surface area contributed by atoms with Crippen molar-refractivity contribution in [1.82, 2.24) is 0 Å². The molecule has 6 aromatic rings. The summed E-state index contributed by atoms with van der Waals surface area (Å²) in [6.45, 7) is 0.388. The second-order valence-corrected chi connectivity index (χ2v) is 12.2. The van der Waals surface area contributed by atoms with Crippen molar-refractivity contribution in [2.45, 2.75) is 17.0 Å². The van der Waals surface area contributed by atoms with Crippen molar-refractivity contribution in [2.24, 2.45) is 0 Å². The van der Waals surface area contributed by atoms with E-state index < -0.39 is 10.1 Å². The van der Waals surface area contributed by atoms with Gasteiger partial charge in [0.2, 0.25) is 0 Å². The summed E-state index contributed by atoms with van der Waals surface area (Å²) in [5.74, 6) is 0. The van der Waals surface area contributed by atoms with Gasteiger partial charge >= 0.3 is 0 Å². The molecule has 43 heavy (non-hydrogen) atoms. The number of para-hydroxylation sites is 1. The zero-order chi connectivity index (χ0) is 29.4. The van der Waals surface area contributed by atoms with E-state index in [9.17, 15) is 13.0 Å². The molecule has 1 N–H and O–H groups in total. The fourth-order valence-corrected chi connectivity index (χ4v) is 7.17. The monoisotopic (exact) mass is 582 g/mol. The highest BCUT2D eigenvalue weighted by Crippen LogP contribution is 2.52. The Kier molecular flexibility index (Phi) is 6.93. The van der Waals surface area contributed by atoms with Gasteiger partial charge in [0.15, 0.2) is 0 Å². The molecule has 0 aromatic heterocycles. The van der Waals surface area contributed by atoms with Gasteiger partial charge in [-0.15, -0.1) is 0 Å². The minimum Gasteiger partial charge on any atom is -0.343 e. The average Bonchev–Trinajstić information content (AvgIpc) is 3.45. The molecule has 0 amide bonds. The fraction of sp³-hybridized carbons (Fsp3) is 0.0811. The van der Waals surface area contributed by atoms with Crippen LogP contribution in [0.2, 0.25) is 0 Å². The van der Waals surface area contributed by atoms with E-state index in [0.29, 0.717) is 12.4 Å². The molecule has 0 bridgehead atoms. The molecule has 1 heterocycles. The van der Waals surface area contributed by atoms with Gasteiger partial charge in [0.25, 0.3) is 10.1 Å². The summed E-state index contributed by atoms with van der Waals surface area (Å²) in [4.78, 5) is 4.41. The van der Waals surface area contributed by atoms with Crippen molar-refractivity contribution in [3.8, 4) is 11.1 Å². The Balaban J connectivity index is 1.55. The van der Waals surface area contributed by atoms with Gasteiger partial charge in [-0.3, -0.25) is 4.55 Å². The fourth-order valence-electron chi connectivity index (χ4n) is 6.47.